The number of hydrogen-bond donors (Lipinski definition) is 1. The SMILES string of the molecule is CC(=CCl)CNCCC(=O)N1CCOCC1. The zero-order chi connectivity index (χ0) is 11.8. The topological polar surface area (TPSA) is 41.6 Å². The van der Waals surface area contributed by atoms with E-state index >= 15 is 0 Å². The summed E-state index contributed by atoms with van der Waals surface area (Å²) < 4.78 is 5.19. The number of nitrogens with zero attached hydrogens (tertiary/aromatic N) is 1. The molecule has 0 saturated carbocycles. The zero-order valence-corrected chi connectivity index (χ0v) is 10.4. The van der Waals surface area contributed by atoms with E-state index in [0.717, 1.165) is 25.2 Å². The lowest BCUT2D eigenvalue weighted by Crippen LogP contribution is -2.41. The van der Waals surface area contributed by atoms with Gasteiger partial charge in [0.15, 0.2) is 0 Å². The van der Waals surface area contributed by atoms with E-state index in [1.54, 1.807) is 5.54 Å². The molecule has 1 heterocycles. The fourth-order valence-electron chi connectivity index (χ4n) is 1.49. The van der Waals surface area contributed by atoms with Crippen molar-refractivity contribution >= 4 is 17.5 Å². The molecule has 0 aliphatic carbocycles. The fraction of sp³-hybridized carbons (Fsp3) is 0.727. The van der Waals surface area contributed by atoms with Crippen molar-refractivity contribution in [3.05, 3.63) is 11.1 Å². The van der Waals surface area contributed by atoms with Gasteiger partial charge in [0.25, 0.3) is 0 Å². The Kier molecular flexibility index (Phi) is 6.45. The monoisotopic (exact) mass is 246 g/mol. The second-order valence-electron chi connectivity index (χ2n) is 3.88. The maximum Gasteiger partial charge on any atom is 0.224 e. The van der Waals surface area contributed by atoms with Crippen molar-refractivity contribution < 1.29 is 9.53 Å². The van der Waals surface area contributed by atoms with Gasteiger partial charge < -0.3 is 15.0 Å². The molecule has 0 radical (unpaired) electrons. The van der Waals surface area contributed by atoms with Crippen molar-refractivity contribution in [2.24, 2.45) is 0 Å². The number of carbonyl (C=O) groups excluding carboxylic acids is 1. The highest BCUT2D eigenvalue weighted by atomic mass is 35.5. The van der Waals surface area contributed by atoms with E-state index in [1.807, 2.05) is 11.8 Å². The van der Waals surface area contributed by atoms with Crippen LogP contribution in [0.4, 0.5) is 0 Å². The van der Waals surface area contributed by atoms with Gasteiger partial charge in [-0.3, -0.25) is 4.79 Å². The Labute approximate surface area is 102 Å². The molecule has 1 N–H and O–H groups in total. The molecule has 0 aromatic heterocycles. The summed E-state index contributed by atoms with van der Waals surface area (Å²) in [6.45, 7) is 6.14. The highest BCUT2D eigenvalue weighted by molar-refractivity contribution is 6.25. The van der Waals surface area contributed by atoms with E-state index in [-0.39, 0.29) is 5.91 Å². The molecular formula is C11H19ClN2O2. The molecule has 1 fully saturated rings. The lowest BCUT2D eigenvalue weighted by Gasteiger charge is -2.26. The number of amides is 1. The average Bonchev–Trinajstić information content (AvgIpc) is 2.35. The molecule has 0 aromatic rings. The summed E-state index contributed by atoms with van der Waals surface area (Å²) in [6.07, 6.45) is 0.537. The molecule has 0 atom stereocenters. The van der Waals surface area contributed by atoms with E-state index in [2.05, 4.69) is 5.32 Å². The first-order chi connectivity index (χ1) is 7.74. The number of hydrogen-bond acceptors (Lipinski definition) is 3. The molecule has 0 unspecified atom stereocenters. The summed E-state index contributed by atoms with van der Waals surface area (Å²) in [5, 5.41) is 3.17. The summed E-state index contributed by atoms with van der Waals surface area (Å²) in [5.74, 6) is 0.198. The number of rotatable bonds is 5. The van der Waals surface area contributed by atoms with Crippen LogP contribution in [0.2, 0.25) is 0 Å². The van der Waals surface area contributed by atoms with Crippen LogP contribution in [0.3, 0.4) is 0 Å². The Morgan fingerprint density at radius 3 is 2.81 bits per heavy atom. The van der Waals surface area contributed by atoms with Crippen molar-refractivity contribution in [1.82, 2.24) is 10.2 Å². The summed E-state index contributed by atoms with van der Waals surface area (Å²) in [7, 11) is 0. The second kappa shape index (κ2) is 7.65. The summed E-state index contributed by atoms with van der Waals surface area (Å²) in [6, 6.07) is 0. The van der Waals surface area contributed by atoms with Gasteiger partial charge in [0.2, 0.25) is 5.91 Å². The molecule has 4 nitrogen and oxygen atoms in total. The molecule has 0 bridgehead atoms. The maximum absolute atomic E-state index is 11.7. The minimum absolute atomic E-state index is 0.198. The van der Waals surface area contributed by atoms with Crippen molar-refractivity contribution in [2.75, 3.05) is 39.4 Å². The van der Waals surface area contributed by atoms with Crippen LogP contribution in [0.25, 0.3) is 0 Å². The normalized spacial score (nSPS) is 17.6. The van der Waals surface area contributed by atoms with Crippen LogP contribution in [0.5, 0.6) is 0 Å². The third-order valence-electron chi connectivity index (χ3n) is 2.47. The first-order valence-electron chi connectivity index (χ1n) is 5.56. The molecular weight excluding hydrogens is 228 g/mol. The Hall–Kier alpha value is -0.580. The highest BCUT2D eigenvalue weighted by Crippen LogP contribution is 1.99. The Balaban J connectivity index is 2.10. The maximum atomic E-state index is 11.7. The number of carbonyl (C=O) groups is 1. The van der Waals surface area contributed by atoms with Crippen LogP contribution in [0, 0.1) is 0 Å². The lowest BCUT2D eigenvalue weighted by atomic mass is 10.3. The van der Waals surface area contributed by atoms with E-state index in [9.17, 15) is 4.79 Å². The molecule has 1 saturated heterocycles. The van der Waals surface area contributed by atoms with Crippen molar-refractivity contribution in [1.29, 1.82) is 0 Å². The van der Waals surface area contributed by atoms with Crippen LogP contribution in [-0.4, -0.2) is 50.2 Å². The average molecular weight is 247 g/mol. The van der Waals surface area contributed by atoms with Gasteiger partial charge in [-0.05, 0) is 12.5 Å². The minimum Gasteiger partial charge on any atom is -0.378 e. The molecule has 1 aliphatic rings. The van der Waals surface area contributed by atoms with Crippen LogP contribution in [0.15, 0.2) is 11.1 Å². The first kappa shape index (κ1) is 13.5. The standard InChI is InChI=1S/C11H19ClN2O2/c1-10(8-12)9-13-3-2-11(15)14-4-6-16-7-5-14/h8,13H,2-7,9H2,1H3. The van der Waals surface area contributed by atoms with Gasteiger partial charge in [-0.2, -0.15) is 0 Å². The lowest BCUT2D eigenvalue weighted by molar-refractivity contribution is -0.135. The van der Waals surface area contributed by atoms with Crippen molar-refractivity contribution in [3.63, 3.8) is 0 Å². The number of halogens is 1. The zero-order valence-electron chi connectivity index (χ0n) is 9.67. The minimum atomic E-state index is 0.198. The van der Waals surface area contributed by atoms with Gasteiger partial charge in [-0.15, -0.1) is 0 Å². The van der Waals surface area contributed by atoms with Crippen LogP contribution < -0.4 is 5.32 Å². The van der Waals surface area contributed by atoms with E-state index < -0.39 is 0 Å². The quantitative estimate of drug-likeness (QED) is 0.735. The predicted molar refractivity (Wildman–Crippen MR) is 64.5 cm³/mol. The molecule has 16 heavy (non-hydrogen) atoms. The van der Waals surface area contributed by atoms with Crippen molar-refractivity contribution in [3.8, 4) is 0 Å². The first-order valence-corrected chi connectivity index (χ1v) is 6.00. The van der Waals surface area contributed by atoms with Gasteiger partial charge in [-0.25, -0.2) is 0 Å². The van der Waals surface area contributed by atoms with Gasteiger partial charge in [0.05, 0.1) is 13.2 Å². The Bertz CT molecular complexity index is 250. The van der Waals surface area contributed by atoms with Crippen LogP contribution in [0.1, 0.15) is 13.3 Å². The van der Waals surface area contributed by atoms with E-state index in [1.165, 1.54) is 0 Å². The predicted octanol–water partition coefficient (Wildman–Crippen LogP) is 0.968. The molecule has 0 spiro atoms. The summed E-state index contributed by atoms with van der Waals surface area (Å²) in [5.41, 5.74) is 2.62. The van der Waals surface area contributed by atoms with Crippen LogP contribution >= 0.6 is 11.6 Å². The molecule has 1 aliphatic heterocycles. The smallest absolute Gasteiger partial charge is 0.224 e. The van der Waals surface area contributed by atoms with E-state index in [0.29, 0.717) is 26.2 Å². The summed E-state index contributed by atoms with van der Waals surface area (Å²) in [4.78, 5) is 13.6. The van der Waals surface area contributed by atoms with E-state index in [4.69, 9.17) is 16.3 Å². The molecule has 1 rings (SSSR count). The van der Waals surface area contributed by atoms with Gasteiger partial charge >= 0.3 is 0 Å². The second-order valence-corrected chi connectivity index (χ2v) is 4.09. The number of morpholine rings is 1. The Morgan fingerprint density at radius 2 is 2.19 bits per heavy atom. The molecule has 1 amide bonds. The van der Waals surface area contributed by atoms with Crippen molar-refractivity contribution in [2.45, 2.75) is 13.3 Å². The highest BCUT2D eigenvalue weighted by Gasteiger charge is 2.15. The number of ether oxygens (including phenoxy) is 1. The number of nitrogens with one attached hydrogen (secondary N) is 1. The third-order valence-corrected chi connectivity index (χ3v) is 2.84. The molecule has 92 valence electrons. The van der Waals surface area contributed by atoms with Gasteiger partial charge in [0.1, 0.15) is 0 Å². The van der Waals surface area contributed by atoms with Gasteiger partial charge in [0, 0.05) is 38.1 Å². The van der Waals surface area contributed by atoms with Gasteiger partial charge in [-0.1, -0.05) is 11.6 Å². The molecule has 5 heteroatoms. The third kappa shape index (κ3) is 4.96. The fourth-order valence-corrected chi connectivity index (χ4v) is 1.57. The van der Waals surface area contributed by atoms with Crippen LogP contribution in [-0.2, 0) is 9.53 Å². The largest absolute Gasteiger partial charge is 0.378 e. The Morgan fingerprint density at radius 1 is 1.50 bits per heavy atom. The molecule has 0 aromatic carbocycles. The summed E-state index contributed by atoms with van der Waals surface area (Å²) >= 11 is 5.52.